The van der Waals surface area contributed by atoms with Crippen LogP contribution in [0.1, 0.15) is 29.5 Å². The largest absolute Gasteiger partial charge is 0.455 e. The lowest BCUT2D eigenvalue weighted by Gasteiger charge is -2.31. The molecule has 1 aliphatic rings. The van der Waals surface area contributed by atoms with Crippen molar-refractivity contribution in [2.24, 2.45) is 5.92 Å². The van der Waals surface area contributed by atoms with E-state index in [2.05, 4.69) is 15.2 Å². The first-order chi connectivity index (χ1) is 14.0. The molecule has 29 heavy (non-hydrogen) atoms. The van der Waals surface area contributed by atoms with Crippen molar-refractivity contribution in [2.45, 2.75) is 26.7 Å². The fourth-order valence-corrected chi connectivity index (χ4v) is 3.43. The van der Waals surface area contributed by atoms with Crippen molar-refractivity contribution in [1.29, 1.82) is 5.26 Å². The number of anilines is 2. The molecular weight excluding hydrogens is 368 g/mol. The number of benzene rings is 1. The Bertz CT molecular complexity index is 906. The number of carbonyl (C=O) groups excluding carboxylic acids is 2. The highest BCUT2D eigenvalue weighted by Crippen LogP contribution is 2.23. The summed E-state index contributed by atoms with van der Waals surface area (Å²) in [5.41, 5.74) is 3.21. The Morgan fingerprint density at radius 3 is 2.48 bits per heavy atom. The molecular formula is C22H24N4O3. The SMILES string of the molecule is Cc1cccc(C)c1NC(=O)COC(=O)C1CCN(c2ccc(C#N)cn2)CC1. The van der Waals surface area contributed by atoms with E-state index in [4.69, 9.17) is 10.00 Å². The van der Waals surface area contributed by atoms with E-state index in [9.17, 15) is 9.59 Å². The number of nitrogens with one attached hydrogen (secondary N) is 1. The van der Waals surface area contributed by atoms with Crippen molar-refractivity contribution in [3.05, 3.63) is 53.2 Å². The van der Waals surface area contributed by atoms with E-state index in [-0.39, 0.29) is 24.4 Å². The maximum absolute atomic E-state index is 12.3. The Morgan fingerprint density at radius 2 is 1.90 bits per heavy atom. The minimum absolute atomic E-state index is 0.224. The van der Waals surface area contributed by atoms with Gasteiger partial charge in [0.15, 0.2) is 6.61 Å². The zero-order valence-corrected chi connectivity index (χ0v) is 16.6. The summed E-state index contributed by atoms with van der Waals surface area (Å²) >= 11 is 0. The van der Waals surface area contributed by atoms with Gasteiger partial charge in [-0.25, -0.2) is 4.98 Å². The van der Waals surface area contributed by atoms with Crippen molar-refractivity contribution < 1.29 is 14.3 Å². The number of ether oxygens (including phenoxy) is 1. The van der Waals surface area contributed by atoms with E-state index in [1.165, 1.54) is 0 Å². The number of aromatic nitrogens is 1. The molecule has 0 bridgehead atoms. The Morgan fingerprint density at radius 1 is 1.21 bits per heavy atom. The van der Waals surface area contributed by atoms with Gasteiger partial charge >= 0.3 is 5.97 Å². The lowest BCUT2D eigenvalue weighted by Crippen LogP contribution is -2.38. The van der Waals surface area contributed by atoms with Crippen LogP contribution in [-0.4, -0.2) is 36.6 Å². The third kappa shape index (κ3) is 5.11. The number of nitriles is 1. The van der Waals surface area contributed by atoms with Crippen LogP contribution in [-0.2, 0) is 14.3 Å². The van der Waals surface area contributed by atoms with E-state index in [1.54, 1.807) is 12.3 Å². The topological polar surface area (TPSA) is 95.3 Å². The summed E-state index contributed by atoms with van der Waals surface area (Å²) in [6.45, 7) is 4.90. The summed E-state index contributed by atoms with van der Waals surface area (Å²) in [7, 11) is 0. The average Bonchev–Trinajstić information content (AvgIpc) is 2.75. The lowest BCUT2D eigenvalue weighted by atomic mass is 9.97. The summed E-state index contributed by atoms with van der Waals surface area (Å²) in [4.78, 5) is 30.9. The van der Waals surface area contributed by atoms with Crippen LogP contribution in [0.25, 0.3) is 0 Å². The van der Waals surface area contributed by atoms with Gasteiger partial charge in [-0.05, 0) is 49.9 Å². The van der Waals surface area contributed by atoms with Crippen LogP contribution in [0.15, 0.2) is 36.5 Å². The van der Waals surface area contributed by atoms with Crippen molar-refractivity contribution in [1.82, 2.24) is 4.98 Å². The van der Waals surface area contributed by atoms with Crippen LogP contribution in [0.5, 0.6) is 0 Å². The number of carbonyl (C=O) groups is 2. The number of hydrogen-bond donors (Lipinski definition) is 1. The van der Waals surface area contributed by atoms with E-state index >= 15 is 0 Å². The zero-order valence-electron chi connectivity index (χ0n) is 16.6. The van der Waals surface area contributed by atoms with Crippen molar-refractivity contribution in [2.75, 3.05) is 29.9 Å². The number of nitrogens with zero attached hydrogens (tertiary/aromatic N) is 3. The molecule has 7 heteroatoms. The minimum atomic E-state index is -0.339. The van der Waals surface area contributed by atoms with Gasteiger partial charge in [0.2, 0.25) is 0 Å². The van der Waals surface area contributed by atoms with Crippen molar-refractivity contribution >= 4 is 23.4 Å². The Balaban J connectivity index is 1.46. The number of esters is 1. The molecule has 0 atom stereocenters. The summed E-state index contributed by atoms with van der Waals surface area (Å²) in [6, 6.07) is 11.4. The molecule has 7 nitrogen and oxygen atoms in total. The van der Waals surface area contributed by atoms with Gasteiger partial charge in [-0.2, -0.15) is 5.26 Å². The maximum Gasteiger partial charge on any atom is 0.309 e. The molecule has 1 aliphatic heterocycles. The Labute approximate surface area is 170 Å². The van der Waals surface area contributed by atoms with Crippen molar-refractivity contribution in [3.63, 3.8) is 0 Å². The van der Waals surface area contributed by atoms with Crippen LogP contribution in [0, 0.1) is 31.1 Å². The second kappa shape index (κ2) is 9.20. The summed E-state index contributed by atoms with van der Waals surface area (Å²) in [5, 5.41) is 11.7. The highest BCUT2D eigenvalue weighted by atomic mass is 16.5. The third-order valence-electron chi connectivity index (χ3n) is 5.12. The Kier molecular flexibility index (Phi) is 6.45. The smallest absolute Gasteiger partial charge is 0.309 e. The van der Waals surface area contributed by atoms with E-state index < -0.39 is 0 Å². The molecule has 1 fully saturated rings. The molecule has 150 valence electrons. The van der Waals surface area contributed by atoms with Crippen LogP contribution >= 0.6 is 0 Å². The summed E-state index contributed by atoms with van der Waals surface area (Å²) in [5.74, 6) is -0.106. The second-order valence-corrected chi connectivity index (χ2v) is 7.20. The number of para-hydroxylation sites is 1. The molecule has 0 saturated carbocycles. The highest BCUT2D eigenvalue weighted by molar-refractivity contribution is 5.94. The molecule has 0 radical (unpaired) electrons. The van der Waals surface area contributed by atoms with Crippen LogP contribution < -0.4 is 10.2 Å². The van der Waals surface area contributed by atoms with Crippen molar-refractivity contribution in [3.8, 4) is 6.07 Å². The number of amides is 1. The lowest BCUT2D eigenvalue weighted by molar-refractivity contribution is -0.152. The first kappa shape index (κ1) is 20.3. The first-order valence-corrected chi connectivity index (χ1v) is 9.61. The first-order valence-electron chi connectivity index (χ1n) is 9.61. The Hall–Kier alpha value is -3.40. The number of piperidine rings is 1. The number of aryl methyl sites for hydroxylation is 2. The van der Waals surface area contributed by atoms with Gasteiger partial charge in [-0.3, -0.25) is 9.59 Å². The molecule has 1 aromatic carbocycles. The molecule has 1 amide bonds. The van der Waals surface area contributed by atoms with Gasteiger partial charge in [0.1, 0.15) is 11.9 Å². The third-order valence-corrected chi connectivity index (χ3v) is 5.12. The van der Waals surface area contributed by atoms with Gasteiger partial charge in [0, 0.05) is 25.0 Å². The van der Waals surface area contributed by atoms with E-state index in [0.29, 0.717) is 31.5 Å². The fourth-order valence-electron chi connectivity index (χ4n) is 3.43. The zero-order chi connectivity index (χ0) is 20.8. The van der Waals surface area contributed by atoms with Gasteiger partial charge in [0.25, 0.3) is 5.91 Å². The molecule has 0 spiro atoms. The maximum atomic E-state index is 12.3. The monoisotopic (exact) mass is 392 g/mol. The van der Waals surface area contributed by atoms with Gasteiger partial charge in [-0.15, -0.1) is 0 Å². The van der Waals surface area contributed by atoms with Crippen LogP contribution in [0.2, 0.25) is 0 Å². The van der Waals surface area contributed by atoms with Gasteiger partial charge in [0.05, 0.1) is 11.5 Å². The normalized spacial score (nSPS) is 14.2. The van der Waals surface area contributed by atoms with Crippen LogP contribution in [0.4, 0.5) is 11.5 Å². The quantitative estimate of drug-likeness (QED) is 0.786. The molecule has 0 unspecified atom stereocenters. The van der Waals surface area contributed by atoms with E-state index in [1.807, 2.05) is 44.2 Å². The molecule has 0 aliphatic carbocycles. The predicted octanol–water partition coefficient (Wildman–Crippen LogP) is 2.97. The van der Waals surface area contributed by atoms with Crippen LogP contribution in [0.3, 0.4) is 0 Å². The molecule has 1 saturated heterocycles. The molecule has 1 aromatic heterocycles. The predicted molar refractivity (Wildman–Crippen MR) is 109 cm³/mol. The number of pyridine rings is 1. The second-order valence-electron chi connectivity index (χ2n) is 7.20. The molecule has 1 N–H and O–H groups in total. The molecule has 3 rings (SSSR count). The number of hydrogen-bond acceptors (Lipinski definition) is 6. The van der Waals surface area contributed by atoms with Gasteiger partial charge in [-0.1, -0.05) is 18.2 Å². The summed E-state index contributed by atoms with van der Waals surface area (Å²) in [6.07, 6.45) is 2.82. The standard InChI is InChI=1S/C22H24N4O3/c1-15-4-3-5-16(2)21(15)25-20(27)14-29-22(28)18-8-10-26(11-9-18)19-7-6-17(12-23)13-24-19/h3-7,13,18H,8-11,14H2,1-2H3,(H,25,27). The molecule has 2 heterocycles. The van der Waals surface area contributed by atoms with E-state index in [0.717, 1.165) is 22.6 Å². The van der Waals surface area contributed by atoms with Gasteiger partial charge < -0.3 is 15.0 Å². The fraction of sp³-hybridized carbons (Fsp3) is 0.364. The average molecular weight is 392 g/mol. The minimum Gasteiger partial charge on any atom is -0.455 e. The number of rotatable bonds is 5. The highest BCUT2D eigenvalue weighted by Gasteiger charge is 2.27. The summed E-state index contributed by atoms with van der Waals surface area (Å²) < 4.78 is 5.25. The molecule has 2 aromatic rings.